The molecule has 30 heavy (non-hydrogen) atoms. The number of ether oxygens (including phenoxy) is 3. The van der Waals surface area contributed by atoms with E-state index >= 15 is 0 Å². The SMILES string of the molecule is CCOc1cc(CNCCOc2ccccn2)cc(Br)c1OCc1ccc(C)cc1. The lowest BCUT2D eigenvalue weighted by atomic mass is 10.1. The molecule has 0 atom stereocenters. The van der Waals surface area contributed by atoms with Gasteiger partial charge in [-0.15, -0.1) is 0 Å². The van der Waals surface area contributed by atoms with Gasteiger partial charge in [0.25, 0.3) is 0 Å². The number of hydrogen-bond donors (Lipinski definition) is 1. The molecule has 0 aliphatic carbocycles. The fraction of sp³-hybridized carbons (Fsp3) is 0.292. The molecular formula is C24H27BrN2O3. The van der Waals surface area contributed by atoms with Gasteiger partial charge >= 0.3 is 0 Å². The van der Waals surface area contributed by atoms with Crippen LogP contribution in [-0.4, -0.2) is 24.7 Å². The van der Waals surface area contributed by atoms with Gasteiger partial charge in [-0.05, 0) is 59.1 Å². The van der Waals surface area contributed by atoms with Crippen LogP contribution >= 0.6 is 15.9 Å². The molecule has 1 aromatic heterocycles. The number of halogens is 1. The van der Waals surface area contributed by atoms with Gasteiger partial charge in [0, 0.05) is 25.4 Å². The number of nitrogens with zero attached hydrogens (tertiary/aromatic N) is 1. The molecular weight excluding hydrogens is 444 g/mol. The first-order valence-corrected chi connectivity index (χ1v) is 10.8. The Morgan fingerprint density at radius 2 is 1.80 bits per heavy atom. The van der Waals surface area contributed by atoms with E-state index in [9.17, 15) is 0 Å². The number of hydrogen-bond acceptors (Lipinski definition) is 5. The summed E-state index contributed by atoms with van der Waals surface area (Å²) >= 11 is 3.64. The molecule has 0 spiro atoms. The van der Waals surface area contributed by atoms with Crippen molar-refractivity contribution in [2.24, 2.45) is 0 Å². The van der Waals surface area contributed by atoms with Gasteiger partial charge in [-0.3, -0.25) is 0 Å². The minimum atomic E-state index is 0.488. The molecule has 0 bridgehead atoms. The molecule has 0 aliphatic heterocycles. The van der Waals surface area contributed by atoms with Gasteiger partial charge in [-0.25, -0.2) is 4.98 Å². The van der Waals surface area contributed by atoms with Crippen molar-refractivity contribution in [2.75, 3.05) is 19.8 Å². The van der Waals surface area contributed by atoms with Crippen molar-refractivity contribution < 1.29 is 14.2 Å². The first-order chi connectivity index (χ1) is 14.7. The number of nitrogens with one attached hydrogen (secondary N) is 1. The molecule has 3 rings (SSSR count). The Hall–Kier alpha value is -2.57. The fourth-order valence-corrected chi connectivity index (χ4v) is 3.46. The van der Waals surface area contributed by atoms with Crippen LogP contribution in [0, 0.1) is 6.92 Å². The molecule has 0 amide bonds. The monoisotopic (exact) mass is 470 g/mol. The van der Waals surface area contributed by atoms with Crippen molar-refractivity contribution in [1.82, 2.24) is 10.3 Å². The number of aryl methyl sites for hydroxylation is 1. The summed E-state index contributed by atoms with van der Waals surface area (Å²) in [7, 11) is 0. The summed E-state index contributed by atoms with van der Waals surface area (Å²) < 4.78 is 18.4. The molecule has 6 heteroatoms. The summed E-state index contributed by atoms with van der Waals surface area (Å²) in [6.07, 6.45) is 1.72. The Morgan fingerprint density at radius 1 is 0.967 bits per heavy atom. The van der Waals surface area contributed by atoms with Crippen molar-refractivity contribution >= 4 is 15.9 Å². The summed E-state index contributed by atoms with van der Waals surface area (Å²) in [5.74, 6) is 2.09. The van der Waals surface area contributed by atoms with E-state index in [0.29, 0.717) is 38.8 Å². The Balaban J connectivity index is 1.55. The third-order valence-electron chi connectivity index (χ3n) is 4.37. The van der Waals surface area contributed by atoms with Crippen molar-refractivity contribution in [3.63, 3.8) is 0 Å². The van der Waals surface area contributed by atoms with E-state index in [2.05, 4.69) is 63.5 Å². The lowest BCUT2D eigenvalue weighted by molar-refractivity contribution is 0.267. The second-order valence-electron chi connectivity index (χ2n) is 6.81. The van der Waals surface area contributed by atoms with E-state index < -0.39 is 0 Å². The van der Waals surface area contributed by atoms with Crippen LogP contribution in [-0.2, 0) is 13.2 Å². The standard InChI is InChI=1S/C24H27BrN2O3/c1-3-28-22-15-20(16-26-12-13-29-23-6-4-5-11-27-23)14-21(25)24(22)30-17-19-9-7-18(2)8-10-19/h4-11,14-15,26H,3,12-13,16-17H2,1-2H3. The van der Waals surface area contributed by atoms with Crippen LogP contribution in [0.1, 0.15) is 23.6 Å². The van der Waals surface area contributed by atoms with Gasteiger partial charge in [0.15, 0.2) is 11.5 Å². The first kappa shape index (κ1) is 22.1. The average Bonchev–Trinajstić information content (AvgIpc) is 2.75. The van der Waals surface area contributed by atoms with E-state index in [-0.39, 0.29) is 0 Å². The zero-order valence-corrected chi connectivity index (χ0v) is 18.9. The highest BCUT2D eigenvalue weighted by Gasteiger charge is 2.13. The largest absolute Gasteiger partial charge is 0.490 e. The maximum Gasteiger partial charge on any atom is 0.213 e. The second-order valence-corrected chi connectivity index (χ2v) is 7.66. The predicted molar refractivity (Wildman–Crippen MR) is 122 cm³/mol. The zero-order chi connectivity index (χ0) is 21.2. The topological polar surface area (TPSA) is 52.6 Å². The predicted octanol–water partition coefficient (Wildman–Crippen LogP) is 5.30. The molecule has 1 N–H and O–H groups in total. The highest BCUT2D eigenvalue weighted by molar-refractivity contribution is 9.10. The third-order valence-corrected chi connectivity index (χ3v) is 4.96. The van der Waals surface area contributed by atoms with Crippen LogP contribution in [0.5, 0.6) is 17.4 Å². The Morgan fingerprint density at radius 3 is 2.53 bits per heavy atom. The smallest absolute Gasteiger partial charge is 0.213 e. The number of rotatable bonds is 11. The average molecular weight is 471 g/mol. The van der Waals surface area contributed by atoms with E-state index in [1.807, 2.05) is 31.2 Å². The lowest BCUT2D eigenvalue weighted by Crippen LogP contribution is -2.20. The van der Waals surface area contributed by atoms with E-state index in [1.165, 1.54) is 5.56 Å². The summed E-state index contributed by atoms with van der Waals surface area (Å²) in [4.78, 5) is 4.14. The molecule has 0 saturated heterocycles. The van der Waals surface area contributed by atoms with Crippen LogP contribution in [0.25, 0.3) is 0 Å². The van der Waals surface area contributed by atoms with Crippen LogP contribution in [0.15, 0.2) is 65.3 Å². The Bertz CT molecular complexity index is 918. The summed E-state index contributed by atoms with van der Waals surface area (Å²) in [5.41, 5.74) is 3.46. The maximum atomic E-state index is 6.07. The second kappa shape index (κ2) is 11.6. The van der Waals surface area contributed by atoms with E-state index in [0.717, 1.165) is 27.1 Å². The summed E-state index contributed by atoms with van der Waals surface area (Å²) in [5, 5.41) is 3.38. The van der Waals surface area contributed by atoms with Gasteiger partial charge in [0.1, 0.15) is 13.2 Å². The molecule has 2 aromatic carbocycles. The molecule has 0 unspecified atom stereocenters. The van der Waals surface area contributed by atoms with Gasteiger partial charge in [0.05, 0.1) is 11.1 Å². The fourth-order valence-electron chi connectivity index (χ4n) is 2.86. The third kappa shape index (κ3) is 6.75. The molecule has 5 nitrogen and oxygen atoms in total. The van der Waals surface area contributed by atoms with Crippen LogP contribution in [0.4, 0.5) is 0 Å². The highest BCUT2D eigenvalue weighted by Crippen LogP contribution is 2.37. The lowest BCUT2D eigenvalue weighted by Gasteiger charge is -2.16. The van der Waals surface area contributed by atoms with Crippen molar-refractivity contribution in [1.29, 1.82) is 0 Å². The van der Waals surface area contributed by atoms with Crippen molar-refractivity contribution in [3.05, 3.63) is 82.0 Å². The van der Waals surface area contributed by atoms with E-state index in [1.54, 1.807) is 6.20 Å². The first-order valence-electron chi connectivity index (χ1n) is 10.0. The molecule has 1 heterocycles. The molecule has 0 radical (unpaired) electrons. The number of pyridine rings is 1. The normalized spacial score (nSPS) is 10.6. The number of aromatic nitrogens is 1. The number of benzene rings is 2. The van der Waals surface area contributed by atoms with E-state index in [4.69, 9.17) is 14.2 Å². The van der Waals surface area contributed by atoms with Gasteiger partial charge in [0.2, 0.25) is 5.88 Å². The molecule has 0 saturated carbocycles. The summed E-state index contributed by atoms with van der Waals surface area (Å²) in [6.45, 7) is 7.06. The molecule has 0 aliphatic rings. The molecule has 3 aromatic rings. The quantitative estimate of drug-likeness (QED) is 0.385. The minimum absolute atomic E-state index is 0.488. The Kier molecular flexibility index (Phi) is 8.53. The zero-order valence-electron chi connectivity index (χ0n) is 17.4. The van der Waals surface area contributed by atoms with Crippen LogP contribution in [0.3, 0.4) is 0 Å². The summed E-state index contributed by atoms with van der Waals surface area (Å²) in [6, 6.07) is 18.0. The van der Waals surface area contributed by atoms with Crippen LogP contribution in [0.2, 0.25) is 0 Å². The van der Waals surface area contributed by atoms with Gasteiger partial charge in [-0.1, -0.05) is 35.9 Å². The minimum Gasteiger partial charge on any atom is -0.490 e. The van der Waals surface area contributed by atoms with Gasteiger partial charge < -0.3 is 19.5 Å². The van der Waals surface area contributed by atoms with Gasteiger partial charge in [-0.2, -0.15) is 0 Å². The maximum absolute atomic E-state index is 6.07. The highest BCUT2D eigenvalue weighted by atomic mass is 79.9. The van der Waals surface area contributed by atoms with Crippen molar-refractivity contribution in [3.8, 4) is 17.4 Å². The van der Waals surface area contributed by atoms with Crippen molar-refractivity contribution in [2.45, 2.75) is 27.0 Å². The van der Waals surface area contributed by atoms with Crippen LogP contribution < -0.4 is 19.5 Å². The molecule has 0 fully saturated rings. The molecule has 158 valence electrons. The Labute approximate surface area is 186 Å².